The highest BCUT2D eigenvalue weighted by atomic mass is 35.5. The Labute approximate surface area is 173 Å². The molecule has 2 aromatic heterocycles. The van der Waals surface area contributed by atoms with Crippen molar-refractivity contribution in [2.24, 2.45) is 7.05 Å². The molecule has 0 aliphatic heterocycles. The van der Waals surface area contributed by atoms with Crippen LogP contribution < -0.4 is 5.32 Å². The minimum Gasteiger partial charge on any atom is -0.338 e. The summed E-state index contributed by atoms with van der Waals surface area (Å²) in [6.45, 7) is 1.95. The lowest BCUT2D eigenvalue weighted by molar-refractivity contribution is -0.141. The number of rotatable bonds is 3. The molecule has 0 unspecified atom stereocenters. The second kappa shape index (κ2) is 7.17. The van der Waals surface area contributed by atoms with Gasteiger partial charge in [-0.1, -0.05) is 29.8 Å². The molecule has 10 heteroatoms. The van der Waals surface area contributed by atoms with Crippen molar-refractivity contribution in [2.45, 2.75) is 13.1 Å². The maximum absolute atomic E-state index is 13.3. The lowest BCUT2D eigenvalue weighted by Gasteiger charge is -2.11. The number of nitrogens with one attached hydrogen (secondary N) is 2. The Kier molecular flexibility index (Phi) is 4.77. The number of aromatic nitrogens is 4. The average molecular weight is 434 g/mol. The van der Waals surface area contributed by atoms with Crippen LogP contribution in [0.5, 0.6) is 0 Å². The van der Waals surface area contributed by atoms with E-state index in [0.29, 0.717) is 11.4 Å². The number of nitrogens with zero attached hydrogens (tertiary/aromatic N) is 3. The van der Waals surface area contributed by atoms with Gasteiger partial charge in [-0.15, -0.1) is 0 Å². The molecule has 0 aliphatic rings. The van der Waals surface area contributed by atoms with Gasteiger partial charge >= 0.3 is 6.18 Å². The number of hydrogen-bond acceptors (Lipinski definition) is 3. The van der Waals surface area contributed by atoms with Gasteiger partial charge in [0, 0.05) is 12.6 Å². The van der Waals surface area contributed by atoms with Gasteiger partial charge in [-0.3, -0.25) is 9.48 Å². The third kappa shape index (κ3) is 3.52. The molecular weight excluding hydrogens is 419 g/mol. The van der Waals surface area contributed by atoms with Crippen LogP contribution in [-0.4, -0.2) is 25.7 Å². The SMILES string of the molecule is Cc1ccc2nc(-c3ccccc3NC(=O)c3c(C(F)(F)F)nn(C)c3Cl)[nH]c2c1. The van der Waals surface area contributed by atoms with Crippen LogP contribution in [0.2, 0.25) is 5.15 Å². The molecule has 6 nitrogen and oxygen atoms in total. The molecule has 0 atom stereocenters. The molecule has 0 spiro atoms. The number of carbonyl (C=O) groups excluding carboxylic acids is 1. The Hall–Kier alpha value is -3.33. The Bertz CT molecular complexity index is 1280. The normalized spacial score (nSPS) is 11.8. The first-order valence-corrected chi connectivity index (χ1v) is 9.20. The van der Waals surface area contributed by atoms with Crippen LogP contribution in [0.1, 0.15) is 21.6 Å². The molecule has 0 radical (unpaired) electrons. The number of imidazole rings is 1. The first kappa shape index (κ1) is 20.0. The Morgan fingerprint density at radius 2 is 1.93 bits per heavy atom. The predicted molar refractivity (Wildman–Crippen MR) is 107 cm³/mol. The van der Waals surface area contributed by atoms with E-state index in [0.717, 1.165) is 21.3 Å². The number of aromatic amines is 1. The van der Waals surface area contributed by atoms with Crippen molar-refractivity contribution in [3.8, 4) is 11.4 Å². The van der Waals surface area contributed by atoms with Gasteiger partial charge in [-0.2, -0.15) is 18.3 Å². The van der Waals surface area contributed by atoms with E-state index in [1.54, 1.807) is 24.3 Å². The topological polar surface area (TPSA) is 75.6 Å². The zero-order chi connectivity index (χ0) is 21.6. The summed E-state index contributed by atoms with van der Waals surface area (Å²) in [5, 5.41) is 5.45. The number of halogens is 4. The van der Waals surface area contributed by atoms with E-state index in [2.05, 4.69) is 20.4 Å². The van der Waals surface area contributed by atoms with Crippen LogP contribution in [0.25, 0.3) is 22.4 Å². The Morgan fingerprint density at radius 1 is 1.20 bits per heavy atom. The molecule has 0 aliphatic carbocycles. The van der Waals surface area contributed by atoms with E-state index in [9.17, 15) is 18.0 Å². The minimum absolute atomic E-state index is 0.284. The van der Waals surface area contributed by atoms with Gasteiger partial charge in [0.15, 0.2) is 5.69 Å². The minimum atomic E-state index is -4.83. The predicted octanol–water partition coefficient (Wildman–Crippen LogP) is 5.20. The molecule has 154 valence electrons. The summed E-state index contributed by atoms with van der Waals surface area (Å²) in [6.07, 6.45) is -4.83. The number of carbonyl (C=O) groups is 1. The summed E-state index contributed by atoms with van der Waals surface area (Å²) in [5.41, 5.74) is 1.31. The van der Waals surface area contributed by atoms with Crippen LogP contribution in [0, 0.1) is 6.92 Å². The van der Waals surface area contributed by atoms with Crippen molar-refractivity contribution in [1.29, 1.82) is 0 Å². The lowest BCUT2D eigenvalue weighted by Crippen LogP contribution is -2.18. The van der Waals surface area contributed by atoms with E-state index in [4.69, 9.17) is 11.6 Å². The second-order valence-electron chi connectivity index (χ2n) is 6.74. The molecule has 0 bridgehead atoms. The molecule has 0 saturated heterocycles. The second-order valence-corrected chi connectivity index (χ2v) is 7.10. The monoisotopic (exact) mass is 433 g/mol. The highest BCUT2D eigenvalue weighted by molar-refractivity contribution is 6.33. The maximum atomic E-state index is 13.3. The van der Waals surface area contributed by atoms with Crippen LogP contribution in [0.4, 0.5) is 18.9 Å². The number of para-hydroxylation sites is 1. The zero-order valence-electron chi connectivity index (χ0n) is 15.8. The van der Waals surface area contributed by atoms with Gasteiger partial charge in [0.25, 0.3) is 5.91 Å². The standard InChI is InChI=1S/C20H15ClF3N5O/c1-10-7-8-13-14(9-10)26-18(25-13)11-5-3-4-6-12(11)27-19(30)15-16(20(22,23)24)28-29(2)17(15)21/h3-9H,1-2H3,(H,25,26)(H,27,30). The van der Waals surface area contributed by atoms with E-state index in [1.807, 2.05) is 25.1 Å². The number of H-pyrrole nitrogens is 1. The molecule has 1 amide bonds. The largest absolute Gasteiger partial charge is 0.436 e. The van der Waals surface area contributed by atoms with E-state index >= 15 is 0 Å². The quantitative estimate of drug-likeness (QED) is 0.466. The van der Waals surface area contributed by atoms with E-state index in [-0.39, 0.29) is 5.69 Å². The molecule has 4 aromatic rings. The zero-order valence-corrected chi connectivity index (χ0v) is 16.6. The number of fused-ring (bicyclic) bond motifs is 1. The highest BCUT2D eigenvalue weighted by Gasteiger charge is 2.41. The third-order valence-corrected chi connectivity index (χ3v) is 4.97. The van der Waals surface area contributed by atoms with E-state index < -0.39 is 28.5 Å². The van der Waals surface area contributed by atoms with Crippen LogP contribution in [-0.2, 0) is 13.2 Å². The third-order valence-electron chi connectivity index (χ3n) is 4.54. The lowest BCUT2D eigenvalue weighted by atomic mass is 10.1. The maximum Gasteiger partial charge on any atom is 0.436 e. The summed E-state index contributed by atoms with van der Waals surface area (Å²) in [7, 11) is 1.23. The Balaban J connectivity index is 1.74. The first-order chi connectivity index (χ1) is 14.1. The smallest absolute Gasteiger partial charge is 0.338 e. The van der Waals surface area contributed by atoms with Crippen molar-refractivity contribution in [3.63, 3.8) is 0 Å². The van der Waals surface area contributed by atoms with Gasteiger partial charge in [0.05, 0.1) is 16.7 Å². The molecular formula is C20H15ClF3N5O. The molecule has 4 rings (SSSR count). The van der Waals surface area contributed by atoms with Crippen LogP contribution in [0.3, 0.4) is 0 Å². The summed E-state index contributed by atoms with van der Waals surface area (Å²) < 4.78 is 40.7. The molecule has 30 heavy (non-hydrogen) atoms. The molecule has 0 saturated carbocycles. The van der Waals surface area contributed by atoms with Crippen molar-refractivity contribution in [1.82, 2.24) is 19.7 Å². The Morgan fingerprint density at radius 3 is 2.67 bits per heavy atom. The summed E-state index contributed by atoms with van der Waals surface area (Å²) in [4.78, 5) is 20.4. The number of aryl methyl sites for hydroxylation is 2. The molecule has 2 N–H and O–H groups in total. The van der Waals surface area contributed by atoms with Gasteiger partial charge < -0.3 is 10.3 Å². The number of alkyl halides is 3. The fourth-order valence-corrected chi connectivity index (χ4v) is 3.35. The summed E-state index contributed by atoms with van der Waals surface area (Å²) in [6, 6.07) is 12.4. The highest BCUT2D eigenvalue weighted by Crippen LogP contribution is 2.35. The number of amides is 1. The summed E-state index contributed by atoms with van der Waals surface area (Å²) >= 11 is 5.93. The van der Waals surface area contributed by atoms with Gasteiger partial charge in [0.2, 0.25) is 0 Å². The number of hydrogen-bond donors (Lipinski definition) is 2. The molecule has 2 aromatic carbocycles. The van der Waals surface area contributed by atoms with Gasteiger partial charge in [-0.25, -0.2) is 4.98 Å². The molecule has 2 heterocycles. The van der Waals surface area contributed by atoms with Crippen molar-refractivity contribution < 1.29 is 18.0 Å². The average Bonchev–Trinajstić information content (AvgIpc) is 3.22. The van der Waals surface area contributed by atoms with Crippen LogP contribution in [0.15, 0.2) is 42.5 Å². The van der Waals surface area contributed by atoms with Gasteiger partial charge in [0.1, 0.15) is 16.5 Å². The van der Waals surface area contributed by atoms with Crippen molar-refractivity contribution >= 4 is 34.2 Å². The van der Waals surface area contributed by atoms with Crippen molar-refractivity contribution in [2.75, 3.05) is 5.32 Å². The summed E-state index contributed by atoms with van der Waals surface area (Å²) in [5.74, 6) is -0.542. The number of anilines is 1. The fourth-order valence-electron chi connectivity index (χ4n) is 3.14. The molecule has 0 fully saturated rings. The fraction of sp³-hybridized carbons (Fsp3) is 0.150. The van der Waals surface area contributed by atoms with Gasteiger partial charge in [-0.05, 0) is 36.8 Å². The van der Waals surface area contributed by atoms with Crippen LogP contribution >= 0.6 is 11.6 Å². The first-order valence-electron chi connectivity index (χ1n) is 8.82. The van der Waals surface area contributed by atoms with E-state index in [1.165, 1.54) is 7.05 Å². The van der Waals surface area contributed by atoms with Crippen molar-refractivity contribution in [3.05, 3.63) is 64.4 Å². The number of benzene rings is 2.